The first-order valence-corrected chi connectivity index (χ1v) is 10.7. The van der Waals surface area contributed by atoms with Crippen molar-refractivity contribution in [1.29, 1.82) is 0 Å². The highest BCUT2D eigenvalue weighted by atomic mass is 19.4. The van der Waals surface area contributed by atoms with Gasteiger partial charge in [0.15, 0.2) is 28.5 Å². The van der Waals surface area contributed by atoms with Gasteiger partial charge < -0.3 is 19.3 Å². The molecule has 0 aliphatic carbocycles. The van der Waals surface area contributed by atoms with Gasteiger partial charge in [0.25, 0.3) is 5.91 Å². The van der Waals surface area contributed by atoms with E-state index in [2.05, 4.69) is 21.1 Å². The third-order valence-corrected chi connectivity index (χ3v) is 6.08. The van der Waals surface area contributed by atoms with E-state index in [0.717, 1.165) is 24.7 Å². The summed E-state index contributed by atoms with van der Waals surface area (Å²) in [6, 6.07) is 6.96. The van der Waals surface area contributed by atoms with Crippen molar-refractivity contribution in [2.45, 2.75) is 12.6 Å². The first-order valence-electron chi connectivity index (χ1n) is 10.7. The summed E-state index contributed by atoms with van der Waals surface area (Å²) in [5.74, 6) is 0.386. The molecule has 0 atom stereocenters. The van der Waals surface area contributed by atoms with Crippen LogP contribution in [0.15, 0.2) is 42.1 Å². The maximum Gasteiger partial charge on any atom is 0.433 e. The summed E-state index contributed by atoms with van der Waals surface area (Å²) in [7, 11) is 2.91. The Kier molecular flexibility index (Phi) is 5.34. The van der Waals surface area contributed by atoms with Crippen LogP contribution in [0.5, 0.6) is 11.5 Å². The third kappa shape index (κ3) is 3.80. The topological polar surface area (TPSA) is 72.2 Å². The molecule has 0 radical (unpaired) electrons. The van der Waals surface area contributed by atoms with E-state index < -0.39 is 17.8 Å². The Morgan fingerprint density at radius 2 is 1.82 bits per heavy atom. The Bertz CT molecular complexity index is 1300. The molecule has 1 fully saturated rings. The highest BCUT2D eigenvalue weighted by Crippen LogP contribution is 2.35. The summed E-state index contributed by atoms with van der Waals surface area (Å²) in [5, 5.41) is 4.00. The molecule has 8 nitrogen and oxygen atoms in total. The minimum absolute atomic E-state index is 0.0679. The second-order valence-corrected chi connectivity index (χ2v) is 8.09. The van der Waals surface area contributed by atoms with Gasteiger partial charge in [-0.3, -0.25) is 4.79 Å². The van der Waals surface area contributed by atoms with Gasteiger partial charge in [-0.05, 0) is 30.7 Å². The fourth-order valence-corrected chi connectivity index (χ4v) is 4.36. The Hall–Kier alpha value is -3.76. The first-order chi connectivity index (χ1) is 16.3. The van der Waals surface area contributed by atoms with Crippen molar-refractivity contribution in [3.05, 3.63) is 53.5 Å². The van der Waals surface area contributed by atoms with Crippen LogP contribution in [0.3, 0.4) is 0 Å². The lowest BCUT2D eigenvalue weighted by molar-refractivity contribution is -0.142. The van der Waals surface area contributed by atoms with Gasteiger partial charge >= 0.3 is 6.18 Å². The van der Waals surface area contributed by atoms with Crippen molar-refractivity contribution in [2.24, 2.45) is 0 Å². The standard InChI is InChI=1S/C23H22F3N5O3/c1-33-18-6-5-14(10-19(18)34-2)16-11-20(23(24,25)26)31-21(27-16)12-17(28-31)22(32)30-9-8-29-7-3-4-15(29)13-30/h4-6,10-12H,3,7-9,13H2,1-2H3. The fourth-order valence-electron chi connectivity index (χ4n) is 4.36. The van der Waals surface area contributed by atoms with Gasteiger partial charge in [-0.1, -0.05) is 6.08 Å². The summed E-state index contributed by atoms with van der Waals surface area (Å²) in [5.41, 5.74) is 0.377. The van der Waals surface area contributed by atoms with E-state index in [1.807, 2.05) is 0 Å². The van der Waals surface area contributed by atoms with E-state index >= 15 is 0 Å². The maximum absolute atomic E-state index is 13.9. The van der Waals surface area contributed by atoms with Gasteiger partial charge in [-0.15, -0.1) is 0 Å². The molecule has 4 heterocycles. The van der Waals surface area contributed by atoms with Crippen LogP contribution in [0, 0.1) is 0 Å². The molecular formula is C23H22F3N5O3. The molecule has 0 unspecified atom stereocenters. The third-order valence-electron chi connectivity index (χ3n) is 6.08. The minimum atomic E-state index is -4.71. The molecule has 2 aromatic heterocycles. The molecule has 178 valence electrons. The summed E-state index contributed by atoms with van der Waals surface area (Å²) in [6.07, 6.45) is -1.69. The van der Waals surface area contributed by atoms with Crippen LogP contribution in [0.25, 0.3) is 16.9 Å². The number of halogens is 3. The number of alkyl halides is 3. The van der Waals surface area contributed by atoms with E-state index in [4.69, 9.17) is 9.47 Å². The minimum Gasteiger partial charge on any atom is -0.493 e. The lowest BCUT2D eigenvalue weighted by Gasteiger charge is -2.35. The molecule has 2 aliphatic heterocycles. The molecule has 1 amide bonds. The molecule has 0 spiro atoms. The summed E-state index contributed by atoms with van der Waals surface area (Å²) < 4.78 is 53.0. The van der Waals surface area contributed by atoms with E-state index in [-0.39, 0.29) is 17.0 Å². The van der Waals surface area contributed by atoms with Crippen molar-refractivity contribution in [2.75, 3.05) is 40.4 Å². The number of ether oxygens (including phenoxy) is 2. The highest BCUT2D eigenvalue weighted by Gasteiger charge is 2.36. The van der Waals surface area contributed by atoms with Crippen molar-refractivity contribution < 1.29 is 27.4 Å². The predicted octanol–water partition coefficient (Wildman–Crippen LogP) is 3.48. The van der Waals surface area contributed by atoms with Gasteiger partial charge in [0, 0.05) is 37.0 Å². The molecule has 1 saturated heterocycles. The van der Waals surface area contributed by atoms with E-state index in [9.17, 15) is 18.0 Å². The number of amides is 1. The van der Waals surface area contributed by atoms with Crippen LogP contribution in [-0.2, 0) is 6.18 Å². The number of rotatable bonds is 4. The number of piperazine rings is 1. The lowest BCUT2D eigenvalue weighted by Crippen LogP contribution is -2.46. The largest absolute Gasteiger partial charge is 0.493 e. The number of hydrogen-bond donors (Lipinski definition) is 0. The van der Waals surface area contributed by atoms with Gasteiger partial charge in [0.05, 0.1) is 26.5 Å². The average molecular weight is 473 g/mol. The van der Waals surface area contributed by atoms with Crippen molar-refractivity contribution in [3.8, 4) is 22.8 Å². The number of carbonyl (C=O) groups is 1. The molecule has 11 heteroatoms. The molecule has 0 saturated carbocycles. The van der Waals surface area contributed by atoms with Gasteiger partial charge in [-0.25, -0.2) is 9.50 Å². The van der Waals surface area contributed by atoms with Crippen molar-refractivity contribution >= 4 is 11.6 Å². The number of carbonyl (C=O) groups excluding carboxylic acids is 1. The smallest absolute Gasteiger partial charge is 0.433 e. The Balaban J connectivity index is 1.55. The molecule has 1 aromatic carbocycles. The quantitative estimate of drug-likeness (QED) is 0.578. The van der Waals surface area contributed by atoms with Crippen molar-refractivity contribution in [3.63, 3.8) is 0 Å². The van der Waals surface area contributed by atoms with E-state index in [1.165, 1.54) is 20.3 Å². The van der Waals surface area contributed by atoms with E-state index in [0.29, 0.717) is 41.2 Å². The van der Waals surface area contributed by atoms with Crippen LogP contribution >= 0.6 is 0 Å². The number of nitrogens with zero attached hydrogens (tertiary/aromatic N) is 5. The zero-order valence-electron chi connectivity index (χ0n) is 18.6. The van der Waals surface area contributed by atoms with Gasteiger partial charge in [0.2, 0.25) is 0 Å². The predicted molar refractivity (Wildman–Crippen MR) is 117 cm³/mol. The SMILES string of the molecule is COc1ccc(-c2cc(C(F)(F)F)n3nc(C(=O)N4CCN5CCC=C5C4)cc3n2)cc1OC. The monoisotopic (exact) mass is 473 g/mol. The normalized spacial score (nSPS) is 16.0. The fraction of sp³-hybridized carbons (Fsp3) is 0.348. The first kappa shape index (κ1) is 22.1. The number of benzene rings is 1. The second kappa shape index (κ2) is 8.23. The molecule has 3 aromatic rings. The van der Waals surface area contributed by atoms with Crippen LogP contribution in [-0.4, -0.2) is 70.7 Å². The number of fused-ring (bicyclic) bond motifs is 2. The highest BCUT2D eigenvalue weighted by molar-refractivity contribution is 5.93. The molecule has 0 bridgehead atoms. The molecule has 0 N–H and O–H groups in total. The van der Waals surface area contributed by atoms with Crippen LogP contribution < -0.4 is 9.47 Å². The molecule has 2 aliphatic rings. The maximum atomic E-state index is 13.9. The van der Waals surface area contributed by atoms with Crippen LogP contribution in [0.1, 0.15) is 22.6 Å². The molecule has 34 heavy (non-hydrogen) atoms. The Labute approximate surface area is 193 Å². The zero-order chi connectivity index (χ0) is 24.0. The van der Waals surface area contributed by atoms with Gasteiger partial charge in [0.1, 0.15) is 0 Å². The summed E-state index contributed by atoms with van der Waals surface area (Å²) in [6.45, 7) is 2.54. The summed E-state index contributed by atoms with van der Waals surface area (Å²) >= 11 is 0. The second-order valence-electron chi connectivity index (χ2n) is 8.09. The molecule has 5 rings (SSSR count). The Morgan fingerprint density at radius 1 is 1.03 bits per heavy atom. The van der Waals surface area contributed by atoms with Crippen LogP contribution in [0.4, 0.5) is 13.2 Å². The lowest BCUT2D eigenvalue weighted by atomic mass is 10.1. The Morgan fingerprint density at radius 3 is 2.56 bits per heavy atom. The van der Waals surface area contributed by atoms with Crippen LogP contribution in [0.2, 0.25) is 0 Å². The summed E-state index contributed by atoms with van der Waals surface area (Å²) in [4.78, 5) is 21.3. The van der Waals surface area contributed by atoms with Gasteiger partial charge in [-0.2, -0.15) is 18.3 Å². The molecular weight excluding hydrogens is 451 g/mol. The van der Waals surface area contributed by atoms with Crippen molar-refractivity contribution in [1.82, 2.24) is 24.4 Å². The zero-order valence-corrected chi connectivity index (χ0v) is 18.6. The average Bonchev–Trinajstić information content (AvgIpc) is 3.48. The number of methoxy groups -OCH3 is 2. The number of aromatic nitrogens is 3. The number of hydrogen-bond acceptors (Lipinski definition) is 6. The van der Waals surface area contributed by atoms with E-state index in [1.54, 1.807) is 23.1 Å².